The average molecular weight is 338 g/mol. The van der Waals surface area contributed by atoms with Crippen LogP contribution in [0.3, 0.4) is 0 Å². The molecule has 0 fully saturated rings. The van der Waals surface area contributed by atoms with Crippen LogP contribution in [-0.4, -0.2) is 33.9 Å². The Bertz CT molecular complexity index is 927. The second-order valence-electron chi connectivity index (χ2n) is 6.49. The van der Waals surface area contributed by atoms with Crippen LogP contribution in [-0.2, 0) is 28.5 Å². The van der Waals surface area contributed by atoms with E-state index < -0.39 is 5.54 Å². The van der Waals surface area contributed by atoms with Gasteiger partial charge in [0.15, 0.2) is 0 Å². The van der Waals surface area contributed by atoms with Gasteiger partial charge < -0.3 is 15.0 Å². The summed E-state index contributed by atoms with van der Waals surface area (Å²) in [4.78, 5) is 16.0. The molecule has 1 aliphatic rings. The van der Waals surface area contributed by atoms with Gasteiger partial charge in [-0.25, -0.2) is 0 Å². The van der Waals surface area contributed by atoms with Gasteiger partial charge in [0.05, 0.1) is 24.8 Å². The number of ether oxygens (including phenoxy) is 1. The van der Waals surface area contributed by atoms with Crippen molar-refractivity contribution in [3.05, 3.63) is 53.5 Å². The Hall–Kier alpha value is -2.60. The Balaban J connectivity index is 1.92. The largest absolute Gasteiger partial charge is 0.466 e. The van der Waals surface area contributed by atoms with Crippen LogP contribution < -0.4 is 5.32 Å². The lowest BCUT2D eigenvalue weighted by atomic mass is 9.80. The number of aryl methyl sites for hydroxylation is 1. The highest BCUT2D eigenvalue weighted by Crippen LogP contribution is 2.40. The number of aromatic nitrogens is 3. The molecule has 0 radical (unpaired) electrons. The summed E-state index contributed by atoms with van der Waals surface area (Å²) in [7, 11) is 1.89. The van der Waals surface area contributed by atoms with Crippen molar-refractivity contribution in [1.82, 2.24) is 20.1 Å². The molecule has 25 heavy (non-hydrogen) atoms. The van der Waals surface area contributed by atoms with E-state index in [9.17, 15) is 4.79 Å². The van der Waals surface area contributed by atoms with Crippen molar-refractivity contribution in [2.45, 2.75) is 25.3 Å². The van der Waals surface area contributed by atoms with Gasteiger partial charge in [0, 0.05) is 41.9 Å². The number of nitrogens with one attached hydrogen (secondary N) is 2. The minimum absolute atomic E-state index is 0.217. The fourth-order valence-corrected chi connectivity index (χ4v) is 3.88. The fourth-order valence-electron chi connectivity index (χ4n) is 3.88. The molecule has 130 valence electrons. The summed E-state index contributed by atoms with van der Waals surface area (Å²) < 4.78 is 7.03. The molecule has 6 heteroatoms. The molecule has 0 spiro atoms. The molecule has 4 rings (SSSR count). The summed E-state index contributed by atoms with van der Waals surface area (Å²) in [5.74, 6) is -0.217. The van der Waals surface area contributed by atoms with Crippen LogP contribution in [0.25, 0.3) is 10.9 Å². The molecule has 1 unspecified atom stereocenters. The van der Waals surface area contributed by atoms with Crippen molar-refractivity contribution in [3.63, 3.8) is 0 Å². The number of H-pyrrole nitrogens is 1. The number of fused-ring (bicyclic) bond motifs is 3. The van der Waals surface area contributed by atoms with Gasteiger partial charge in [-0.3, -0.25) is 9.48 Å². The van der Waals surface area contributed by atoms with Gasteiger partial charge in [-0.1, -0.05) is 18.2 Å². The summed E-state index contributed by atoms with van der Waals surface area (Å²) in [6.07, 6.45) is 4.94. The minimum atomic E-state index is -0.646. The Morgan fingerprint density at radius 3 is 3.00 bits per heavy atom. The molecule has 2 N–H and O–H groups in total. The summed E-state index contributed by atoms with van der Waals surface area (Å²) in [6.45, 7) is 3.00. The number of nitrogens with zero attached hydrogens (tertiary/aromatic N) is 2. The predicted molar refractivity (Wildman–Crippen MR) is 95.2 cm³/mol. The van der Waals surface area contributed by atoms with E-state index in [0.717, 1.165) is 29.7 Å². The fraction of sp³-hybridized carbons (Fsp3) is 0.368. The Kier molecular flexibility index (Phi) is 3.84. The number of rotatable bonds is 4. The van der Waals surface area contributed by atoms with Crippen LogP contribution in [0.1, 0.15) is 30.2 Å². The number of carbonyl (C=O) groups excluding carboxylic acids is 1. The molecule has 1 aromatic carbocycles. The third kappa shape index (κ3) is 2.53. The van der Waals surface area contributed by atoms with Crippen LogP contribution in [0.2, 0.25) is 0 Å². The van der Waals surface area contributed by atoms with E-state index in [2.05, 4.69) is 33.6 Å². The van der Waals surface area contributed by atoms with Gasteiger partial charge in [0.1, 0.15) is 0 Å². The zero-order valence-electron chi connectivity index (χ0n) is 14.5. The molecule has 3 aromatic rings. The van der Waals surface area contributed by atoms with Gasteiger partial charge in [-0.2, -0.15) is 5.10 Å². The molecule has 0 amide bonds. The highest BCUT2D eigenvalue weighted by molar-refractivity contribution is 5.86. The smallest absolute Gasteiger partial charge is 0.308 e. The van der Waals surface area contributed by atoms with Crippen molar-refractivity contribution >= 4 is 16.9 Å². The first kappa shape index (κ1) is 15.9. The SMILES string of the molecule is CCOC(=O)CC1(c2cnn(C)c2)NCCc2c1[nH]c1ccccc21. The quantitative estimate of drug-likeness (QED) is 0.716. The lowest BCUT2D eigenvalue weighted by Crippen LogP contribution is -2.49. The molecule has 1 aliphatic heterocycles. The number of esters is 1. The van der Waals surface area contributed by atoms with Crippen LogP contribution >= 0.6 is 0 Å². The Labute approximate surface area is 146 Å². The van der Waals surface area contributed by atoms with Crippen molar-refractivity contribution in [2.75, 3.05) is 13.2 Å². The number of hydrogen-bond donors (Lipinski definition) is 2. The molecule has 3 heterocycles. The lowest BCUT2D eigenvalue weighted by molar-refractivity contribution is -0.144. The van der Waals surface area contributed by atoms with E-state index in [1.807, 2.05) is 32.4 Å². The second kappa shape index (κ2) is 6.04. The monoisotopic (exact) mass is 338 g/mol. The second-order valence-corrected chi connectivity index (χ2v) is 6.49. The zero-order chi connectivity index (χ0) is 17.4. The predicted octanol–water partition coefficient (Wildman–Crippen LogP) is 2.24. The average Bonchev–Trinajstić information content (AvgIpc) is 3.20. The topological polar surface area (TPSA) is 71.9 Å². The Morgan fingerprint density at radius 1 is 1.40 bits per heavy atom. The highest BCUT2D eigenvalue weighted by Gasteiger charge is 2.43. The molecule has 0 bridgehead atoms. The Morgan fingerprint density at radius 2 is 2.24 bits per heavy atom. The first-order chi connectivity index (χ1) is 12.1. The zero-order valence-corrected chi connectivity index (χ0v) is 14.5. The van der Waals surface area contributed by atoms with Gasteiger partial charge in [-0.15, -0.1) is 0 Å². The van der Waals surface area contributed by atoms with E-state index in [1.54, 1.807) is 4.68 Å². The van der Waals surface area contributed by atoms with Crippen molar-refractivity contribution < 1.29 is 9.53 Å². The molecule has 6 nitrogen and oxygen atoms in total. The van der Waals surface area contributed by atoms with E-state index in [-0.39, 0.29) is 12.4 Å². The van der Waals surface area contributed by atoms with Crippen LogP contribution in [0, 0.1) is 0 Å². The van der Waals surface area contributed by atoms with Crippen molar-refractivity contribution in [3.8, 4) is 0 Å². The number of aromatic amines is 1. The number of para-hydroxylation sites is 1. The number of carbonyl (C=O) groups is 1. The summed E-state index contributed by atoms with van der Waals surface area (Å²) in [6, 6.07) is 8.28. The first-order valence-electron chi connectivity index (χ1n) is 8.64. The van der Waals surface area contributed by atoms with Crippen LogP contribution in [0.5, 0.6) is 0 Å². The molecule has 0 aliphatic carbocycles. The maximum atomic E-state index is 12.4. The molecular weight excluding hydrogens is 316 g/mol. The van der Waals surface area contributed by atoms with E-state index >= 15 is 0 Å². The minimum Gasteiger partial charge on any atom is -0.466 e. The van der Waals surface area contributed by atoms with Crippen molar-refractivity contribution in [1.29, 1.82) is 0 Å². The van der Waals surface area contributed by atoms with E-state index in [4.69, 9.17) is 4.74 Å². The van der Waals surface area contributed by atoms with Crippen LogP contribution in [0.4, 0.5) is 0 Å². The molecule has 1 atom stereocenters. The highest BCUT2D eigenvalue weighted by atomic mass is 16.5. The summed E-state index contributed by atoms with van der Waals surface area (Å²) in [5, 5.41) is 9.13. The first-order valence-corrected chi connectivity index (χ1v) is 8.64. The van der Waals surface area contributed by atoms with Gasteiger partial charge in [-0.05, 0) is 25.0 Å². The summed E-state index contributed by atoms with van der Waals surface area (Å²) in [5.41, 5.74) is 3.72. The molecule has 2 aromatic heterocycles. The maximum absolute atomic E-state index is 12.4. The normalized spacial score (nSPS) is 19.8. The third-order valence-electron chi connectivity index (χ3n) is 4.95. The standard InChI is InChI=1S/C19H22N4O2/c1-3-25-17(24)10-19(13-11-21-23(2)12-13)18-15(8-9-20-19)14-6-4-5-7-16(14)22-18/h4-7,11-12,20,22H,3,8-10H2,1-2H3. The molecule has 0 saturated heterocycles. The number of benzene rings is 1. The molecule has 0 saturated carbocycles. The number of hydrogen-bond acceptors (Lipinski definition) is 4. The lowest BCUT2D eigenvalue weighted by Gasteiger charge is -2.37. The van der Waals surface area contributed by atoms with Gasteiger partial charge >= 0.3 is 5.97 Å². The third-order valence-corrected chi connectivity index (χ3v) is 4.95. The molecular formula is C19H22N4O2. The summed E-state index contributed by atoms with van der Waals surface area (Å²) >= 11 is 0. The van der Waals surface area contributed by atoms with Gasteiger partial charge in [0.2, 0.25) is 0 Å². The van der Waals surface area contributed by atoms with Crippen LogP contribution in [0.15, 0.2) is 36.7 Å². The van der Waals surface area contributed by atoms with E-state index in [0.29, 0.717) is 6.61 Å². The van der Waals surface area contributed by atoms with Gasteiger partial charge in [0.25, 0.3) is 0 Å². The van der Waals surface area contributed by atoms with E-state index in [1.165, 1.54) is 10.9 Å². The van der Waals surface area contributed by atoms with Crippen molar-refractivity contribution in [2.24, 2.45) is 7.05 Å². The maximum Gasteiger partial charge on any atom is 0.308 e.